The molecule has 3 aromatic rings. The number of hydrogen-bond acceptors (Lipinski definition) is 5. The van der Waals surface area contributed by atoms with Crippen molar-refractivity contribution in [3.63, 3.8) is 0 Å². The third-order valence-electron chi connectivity index (χ3n) is 3.13. The molecule has 2 N–H and O–H groups in total. The smallest absolute Gasteiger partial charge is 0.342 e. The number of phenolic OH excluding ortho intramolecular Hbond substituents is 1. The molecular formula is C16H12N2O4. The molecule has 0 unspecified atom stereocenters. The number of phenols is 1. The second-order valence-electron chi connectivity index (χ2n) is 4.62. The molecule has 1 heterocycles. The number of fused-ring (bicyclic) bond motifs is 1. The van der Waals surface area contributed by atoms with Crippen LogP contribution < -0.4 is 5.56 Å². The predicted octanol–water partition coefficient (Wildman–Crippen LogP) is 1.99. The van der Waals surface area contributed by atoms with Gasteiger partial charge < -0.3 is 14.8 Å². The average molecular weight is 296 g/mol. The number of aromatic amines is 1. The van der Waals surface area contributed by atoms with Crippen molar-refractivity contribution in [1.29, 1.82) is 0 Å². The first kappa shape index (κ1) is 13.8. The summed E-state index contributed by atoms with van der Waals surface area (Å²) < 4.78 is 5.07. The van der Waals surface area contributed by atoms with Crippen LogP contribution in [0.15, 0.2) is 53.3 Å². The molecule has 0 bridgehead atoms. The Morgan fingerprint density at radius 1 is 1.14 bits per heavy atom. The maximum atomic E-state index is 11.9. The second kappa shape index (κ2) is 5.69. The molecule has 0 aliphatic heterocycles. The van der Waals surface area contributed by atoms with Crippen molar-refractivity contribution in [2.24, 2.45) is 0 Å². The van der Waals surface area contributed by atoms with E-state index in [1.54, 1.807) is 36.4 Å². The minimum Gasteiger partial charge on any atom is -0.507 e. The topological polar surface area (TPSA) is 92.3 Å². The number of H-pyrrole nitrogens is 1. The molecular weight excluding hydrogens is 284 g/mol. The summed E-state index contributed by atoms with van der Waals surface area (Å²) in [6.07, 6.45) is 0. The molecule has 0 aliphatic carbocycles. The molecule has 22 heavy (non-hydrogen) atoms. The largest absolute Gasteiger partial charge is 0.507 e. The van der Waals surface area contributed by atoms with E-state index in [2.05, 4.69) is 9.97 Å². The van der Waals surface area contributed by atoms with Crippen molar-refractivity contribution in [1.82, 2.24) is 9.97 Å². The van der Waals surface area contributed by atoms with Crippen LogP contribution in [0.3, 0.4) is 0 Å². The Kier molecular flexibility index (Phi) is 3.57. The summed E-state index contributed by atoms with van der Waals surface area (Å²) in [6.45, 7) is -0.187. The first-order chi connectivity index (χ1) is 10.6. The van der Waals surface area contributed by atoms with Gasteiger partial charge in [0.2, 0.25) is 0 Å². The van der Waals surface area contributed by atoms with Gasteiger partial charge in [-0.2, -0.15) is 0 Å². The number of aromatic nitrogens is 2. The highest BCUT2D eigenvalue weighted by Gasteiger charge is 2.12. The van der Waals surface area contributed by atoms with Crippen LogP contribution in [-0.4, -0.2) is 21.0 Å². The van der Waals surface area contributed by atoms with E-state index in [9.17, 15) is 14.7 Å². The van der Waals surface area contributed by atoms with E-state index >= 15 is 0 Å². The van der Waals surface area contributed by atoms with Crippen LogP contribution >= 0.6 is 0 Å². The van der Waals surface area contributed by atoms with Gasteiger partial charge in [0, 0.05) is 0 Å². The Morgan fingerprint density at radius 3 is 2.68 bits per heavy atom. The van der Waals surface area contributed by atoms with Crippen LogP contribution in [-0.2, 0) is 11.3 Å². The van der Waals surface area contributed by atoms with E-state index in [1.807, 2.05) is 0 Å². The number of esters is 1. The number of para-hydroxylation sites is 2. The van der Waals surface area contributed by atoms with Crippen LogP contribution in [0.4, 0.5) is 0 Å². The molecule has 0 saturated carbocycles. The Bertz CT molecular complexity index is 902. The van der Waals surface area contributed by atoms with E-state index in [4.69, 9.17) is 4.74 Å². The maximum absolute atomic E-state index is 11.9. The minimum atomic E-state index is -0.686. The quantitative estimate of drug-likeness (QED) is 0.721. The summed E-state index contributed by atoms with van der Waals surface area (Å²) in [5.74, 6) is -0.603. The van der Waals surface area contributed by atoms with Gasteiger partial charge in [0.05, 0.1) is 10.9 Å². The van der Waals surface area contributed by atoms with Crippen molar-refractivity contribution in [2.45, 2.75) is 6.61 Å². The van der Waals surface area contributed by atoms with Gasteiger partial charge in [-0.3, -0.25) is 4.79 Å². The zero-order chi connectivity index (χ0) is 15.5. The van der Waals surface area contributed by atoms with Gasteiger partial charge in [-0.25, -0.2) is 9.78 Å². The number of hydrogen-bond donors (Lipinski definition) is 2. The number of nitrogens with one attached hydrogen (secondary N) is 1. The fourth-order valence-corrected chi connectivity index (χ4v) is 2.06. The lowest BCUT2D eigenvalue weighted by Crippen LogP contribution is -2.14. The minimum absolute atomic E-state index is 0.0608. The highest BCUT2D eigenvalue weighted by molar-refractivity contribution is 5.92. The Labute approximate surface area is 125 Å². The number of carbonyl (C=O) groups is 1. The number of nitrogens with zero attached hydrogens (tertiary/aromatic N) is 1. The molecule has 0 radical (unpaired) electrons. The van der Waals surface area contributed by atoms with Crippen LogP contribution in [0.1, 0.15) is 16.2 Å². The van der Waals surface area contributed by atoms with Crippen LogP contribution in [0.25, 0.3) is 10.9 Å². The van der Waals surface area contributed by atoms with Crippen molar-refractivity contribution < 1.29 is 14.6 Å². The molecule has 1 aromatic heterocycles. The summed E-state index contributed by atoms with van der Waals surface area (Å²) in [6, 6.07) is 13.0. The summed E-state index contributed by atoms with van der Waals surface area (Å²) in [4.78, 5) is 30.6. The molecule has 6 heteroatoms. The van der Waals surface area contributed by atoms with Gasteiger partial charge in [-0.15, -0.1) is 0 Å². The third-order valence-corrected chi connectivity index (χ3v) is 3.13. The molecule has 110 valence electrons. The van der Waals surface area contributed by atoms with Crippen LogP contribution in [0, 0.1) is 0 Å². The van der Waals surface area contributed by atoms with Gasteiger partial charge in [-0.05, 0) is 24.3 Å². The Hall–Kier alpha value is -3.15. The molecule has 0 atom stereocenters. The SMILES string of the molecule is O=C(OCc1nc2ccccc2c(=O)[nH]1)c1ccccc1O. The van der Waals surface area contributed by atoms with Crippen LogP contribution in [0.5, 0.6) is 5.75 Å². The molecule has 0 saturated heterocycles. The van der Waals surface area contributed by atoms with Crippen molar-refractivity contribution in [2.75, 3.05) is 0 Å². The Balaban J connectivity index is 1.81. The summed E-state index contributed by atoms with van der Waals surface area (Å²) in [5, 5.41) is 10.1. The summed E-state index contributed by atoms with van der Waals surface area (Å²) in [7, 11) is 0. The molecule has 0 aliphatic rings. The zero-order valence-electron chi connectivity index (χ0n) is 11.4. The molecule has 6 nitrogen and oxygen atoms in total. The van der Waals surface area contributed by atoms with E-state index < -0.39 is 5.97 Å². The van der Waals surface area contributed by atoms with E-state index in [-0.39, 0.29) is 29.3 Å². The third kappa shape index (κ3) is 2.67. The van der Waals surface area contributed by atoms with Crippen molar-refractivity contribution >= 4 is 16.9 Å². The number of carbonyl (C=O) groups excluding carboxylic acids is 1. The normalized spacial score (nSPS) is 10.5. The van der Waals surface area contributed by atoms with Gasteiger partial charge in [0.15, 0.2) is 0 Å². The van der Waals surface area contributed by atoms with E-state index in [0.717, 1.165) is 0 Å². The summed E-state index contributed by atoms with van der Waals surface area (Å²) >= 11 is 0. The highest BCUT2D eigenvalue weighted by Crippen LogP contribution is 2.17. The molecule has 3 rings (SSSR count). The monoisotopic (exact) mass is 296 g/mol. The lowest BCUT2D eigenvalue weighted by atomic mass is 10.2. The number of rotatable bonds is 3. The lowest BCUT2D eigenvalue weighted by Gasteiger charge is -2.06. The molecule has 2 aromatic carbocycles. The second-order valence-corrected chi connectivity index (χ2v) is 4.62. The lowest BCUT2D eigenvalue weighted by molar-refractivity contribution is 0.0459. The molecule has 0 amide bonds. The standard InChI is InChI=1S/C16H12N2O4/c19-13-8-4-2-6-11(13)16(21)22-9-14-17-12-7-3-1-5-10(12)15(20)18-14/h1-8,19H,9H2,(H,17,18,20). The number of ether oxygens (including phenoxy) is 1. The van der Waals surface area contributed by atoms with Gasteiger partial charge >= 0.3 is 5.97 Å². The summed E-state index contributed by atoms with van der Waals surface area (Å²) in [5.41, 5.74) is 0.296. The van der Waals surface area contributed by atoms with Gasteiger partial charge in [0.25, 0.3) is 5.56 Å². The van der Waals surface area contributed by atoms with Gasteiger partial charge in [0.1, 0.15) is 23.7 Å². The number of benzene rings is 2. The Morgan fingerprint density at radius 2 is 1.86 bits per heavy atom. The molecule has 0 fully saturated rings. The van der Waals surface area contributed by atoms with Crippen molar-refractivity contribution in [3.05, 3.63) is 70.3 Å². The first-order valence-electron chi connectivity index (χ1n) is 6.58. The maximum Gasteiger partial charge on any atom is 0.342 e. The average Bonchev–Trinajstić information content (AvgIpc) is 2.53. The highest BCUT2D eigenvalue weighted by atomic mass is 16.5. The molecule has 0 spiro atoms. The first-order valence-corrected chi connectivity index (χ1v) is 6.58. The van der Waals surface area contributed by atoms with Crippen LogP contribution in [0.2, 0.25) is 0 Å². The van der Waals surface area contributed by atoms with Crippen molar-refractivity contribution in [3.8, 4) is 5.75 Å². The number of aromatic hydroxyl groups is 1. The fraction of sp³-hybridized carbons (Fsp3) is 0.0625. The van der Waals surface area contributed by atoms with E-state index in [1.165, 1.54) is 12.1 Å². The predicted molar refractivity (Wildman–Crippen MR) is 79.6 cm³/mol. The fourth-order valence-electron chi connectivity index (χ4n) is 2.06. The van der Waals surface area contributed by atoms with Gasteiger partial charge in [-0.1, -0.05) is 24.3 Å². The zero-order valence-corrected chi connectivity index (χ0v) is 11.4. The van der Waals surface area contributed by atoms with E-state index in [0.29, 0.717) is 10.9 Å².